The van der Waals surface area contributed by atoms with E-state index < -0.39 is 0 Å². The number of ether oxygens (including phenoxy) is 3. The van der Waals surface area contributed by atoms with Crippen molar-refractivity contribution < 1.29 is 19.0 Å². The lowest BCUT2D eigenvalue weighted by Gasteiger charge is -2.21. The summed E-state index contributed by atoms with van der Waals surface area (Å²) in [5.74, 6) is 1.83. The van der Waals surface area contributed by atoms with Crippen LogP contribution in [-0.2, 0) is 13.2 Å². The number of carbonyl (C=O) groups is 1. The highest BCUT2D eigenvalue weighted by Gasteiger charge is 2.16. The molecule has 1 aliphatic rings. The van der Waals surface area contributed by atoms with Crippen molar-refractivity contribution in [2.75, 3.05) is 13.2 Å². The third-order valence-electron chi connectivity index (χ3n) is 5.22. The van der Waals surface area contributed by atoms with Gasteiger partial charge in [0, 0.05) is 30.1 Å². The molecule has 5 rings (SSSR count). The molecule has 2 aromatic carbocycles. The molecule has 3 heterocycles. The van der Waals surface area contributed by atoms with E-state index in [0.29, 0.717) is 49.2 Å². The summed E-state index contributed by atoms with van der Waals surface area (Å²) in [6.07, 6.45) is 3.98. The first-order valence-corrected chi connectivity index (χ1v) is 10.5. The number of nitrogens with one attached hydrogen (secondary N) is 1. The number of aromatic nitrogens is 2. The lowest BCUT2D eigenvalue weighted by Crippen LogP contribution is -2.24. The number of amides is 1. The largest absolute Gasteiger partial charge is 0.487 e. The van der Waals surface area contributed by atoms with Crippen LogP contribution in [0.4, 0.5) is 0 Å². The van der Waals surface area contributed by atoms with E-state index in [9.17, 15) is 4.79 Å². The first-order valence-electron chi connectivity index (χ1n) is 10.5. The number of imidazole rings is 1. The second-order valence-corrected chi connectivity index (χ2v) is 7.64. The molecule has 0 bridgehead atoms. The highest BCUT2D eigenvalue weighted by atomic mass is 16.6. The van der Waals surface area contributed by atoms with Crippen molar-refractivity contribution in [2.45, 2.75) is 20.1 Å². The number of rotatable bonds is 6. The Balaban J connectivity index is 1.23. The molecule has 0 atom stereocenters. The van der Waals surface area contributed by atoms with Gasteiger partial charge in [-0.25, -0.2) is 4.98 Å². The van der Waals surface area contributed by atoms with Gasteiger partial charge in [0.05, 0.1) is 5.69 Å². The maximum atomic E-state index is 12.7. The van der Waals surface area contributed by atoms with Gasteiger partial charge in [-0.3, -0.25) is 4.79 Å². The Bertz CT molecular complexity index is 1280. The summed E-state index contributed by atoms with van der Waals surface area (Å²) in [6, 6.07) is 16.8. The minimum Gasteiger partial charge on any atom is -0.487 e. The molecule has 0 saturated carbocycles. The van der Waals surface area contributed by atoms with E-state index in [0.717, 1.165) is 22.5 Å². The van der Waals surface area contributed by atoms with Crippen molar-refractivity contribution in [2.24, 2.45) is 0 Å². The molecule has 1 amide bonds. The Labute approximate surface area is 185 Å². The van der Waals surface area contributed by atoms with Crippen molar-refractivity contribution in [3.8, 4) is 17.2 Å². The molecule has 7 heteroatoms. The van der Waals surface area contributed by atoms with Crippen LogP contribution in [0.5, 0.6) is 17.2 Å². The molecule has 0 spiro atoms. The zero-order chi connectivity index (χ0) is 21.9. The van der Waals surface area contributed by atoms with Gasteiger partial charge in [0.25, 0.3) is 5.91 Å². The van der Waals surface area contributed by atoms with Gasteiger partial charge in [-0.2, -0.15) is 0 Å². The number of hydrogen-bond donors (Lipinski definition) is 1. The summed E-state index contributed by atoms with van der Waals surface area (Å²) in [5.41, 5.74) is 4.26. The van der Waals surface area contributed by atoms with Gasteiger partial charge in [0.2, 0.25) is 0 Å². The van der Waals surface area contributed by atoms with Crippen LogP contribution < -0.4 is 19.5 Å². The molecule has 0 fully saturated rings. The van der Waals surface area contributed by atoms with E-state index in [1.54, 1.807) is 18.2 Å². The maximum Gasteiger partial charge on any atom is 0.251 e. The van der Waals surface area contributed by atoms with Crippen LogP contribution in [-0.4, -0.2) is 28.5 Å². The molecule has 32 heavy (non-hydrogen) atoms. The summed E-state index contributed by atoms with van der Waals surface area (Å²) in [6.45, 7) is 3.74. The van der Waals surface area contributed by atoms with Crippen LogP contribution in [0, 0.1) is 6.92 Å². The Morgan fingerprint density at radius 2 is 1.97 bits per heavy atom. The van der Waals surface area contributed by atoms with Crippen LogP contribution >= 0.6 is 0 Å². The number of hydrogen-bond acceptors (Lipinski definition) is 5. The first kappa shape index (κ1) is 19.9. The van der Waals surface area contributed by atoms with Gasteiger partial charge < -0.3 is 23.9 Å². The summed E-state index contributed by atoms with van der Waals surface area (Å²) in [4.78, 5) is 17.3. The Morgan fingerprint density at radius 1 is 1.09 bits per heavy atom. The highest BCUT2D eigenvalue weighted by Crippen LogP contribution is 2.33. The van der Waals surface area contributed by atoms with Crippen LogP contribution in [0.1, 0.15) is 27.2 Å². The number of para-hydroxylation sites is 1. The second kappa shape index (κ2) is 8.63. The highest BCUT2D eigenvalue weighted by molar-refractivity contribution is 5.94. The summed E-state index contributed by atoms with van der Waals surface area (Å²) < 4.78 is 19.2. The van der Waals surface area contributed by atoms with Crippen LogP contribution in [0.25, 0.3) is 5.65 Å². The monoisotopic (exact) mass is 429 g/mol. The predicted octanol–water partition coefficient (Wildman–Crippen LogP) is 3.92. The first-order chi connectivity index (χ1) is 15.7. The average molecular weight is 429 g/mol. The summed E-state index contributed by atoms with van der Waals surface area (Å²) in [5, 5.41) is 2.94. The van der Waals surface area contributed by atoms with Crippen LogP contribution in [0.2, 0.25) is 0 Å². The molecular weight excluding hydrogens is 406 g/mol. The van der Waals surface area contributed by atoms with E-state index >= 15 is 0 Å². The zero-order valence-corrected chi connectivity index (χ0v) is 17.7. The third-order valence-corrected chi connectivity index (χ3v) is 5.22. The number of pyridine rings is 1. The van der Waals surface area contributed by atoms with E-state index in [1.165, 1.54) is 0 Å². The van der Waals surface area contributed by atoms with Crippen molar-refractivity contribution in [1.82, 2.24) is 14.7 Å². The van der Waals surface area contributed by atoms with Gasteiger partial charge >= 0.3 is 0 Å². The fourth-order valence-electron chi connectivity index (χ4n) is 3.66. The lowest BCUT2D eigenvalue weighted by atomic mass is 10.1. The third kappa shape index (κ3) is 4.23. The zero-order valence-electron chi connectivity index (χ0n) is 17.7. The lowest BCUT2D eigenvalue weighted by molar-refractivity contribution is 0.0949. The molecule has 1 N–H and O–H groups in total. The minimum absolute atomic E-state index is 0.187. The van der Waals surface area contributed by atoms with Crippen LogP contribution in [0.15, 0.2) is 67.0 Å². The van der Waals surface area contributed by atoms with Gasteiger partial charge in [-0.1, -0.05) is 24.3 Å². The average Bonchev–Trinajstić information content (AvgIpc) is 3.23. The number of fused-ring (bicyclic) bond motifs is 2. The van der Waals surface area contributed by atoms with Crippen LogP contribution in [0.3, 0.4) is 0 Å². The molecule has 0 unspecified atom stereocenters. The smallest absolute Gasteiger partial charge is 0.251 e. The van der Waals surface area contributed by atoms with Gasteiger partial charge in [0.15, 0.2) is 11.5 Å². The number of aryl methyl sites for hydroxylation is 1. The molecule has 4 aromatic rings. The Morgan fingerprint density at radius 3 is 2.91 bits per heavy atom. The molecule has 162 valence electrons. The molecule has 0 aliphatic carbocycles. The fraction of sp³-hybridized carbons (Fsp3) is 0.200. The predicted molar refractivity (Wildman–Crippen MR) is 119 cm³/mol. The van der Waals surface area contributed by atoms with E-state index in [-0.39, 0.29) is 5.91 Å². The number of benzene rings is 2. The normalized spacial score (nSPS) is 12.5. The minimum atomic E-state index is -0.187. The summed E-state index contributed by atoms with van der Waals surface area (Å²) >= 11 is 0. The topological polar surface area (TPSA) is 74.1 Å². The van der Waals surface area contributed by atoms with Gasteiger partial charge in [0.1, 0.15) is 31.2 Å². The van der Waals surface area contributed by atoms with E-state index in [2.05, 4.69) is 10.3 Å². The maximum absolute atomic E-state index is 12.7. The van der Waals surface area contributed by atoms with Crippen molar-refractivity contribution in [3.05, 3.63) is 89.4 Å². The Kier molecular flexibility index (Phi) is 5.37. The quantitative estimate of drug-likeness (QED) is 0.503. The fourth-order valence-corrected chi connectivity index (χ4v) is 3.66. The molecule has 0 radical (unpaired) electrons. The van der Waals surface area contributed by atoms with Gasteiger partial charge in [-0.15, -0.1) is 0 Å². The Hall–Kier alpha value is -4.00. The standard InChI is InChI=1S/C25H23N3O4/c1-17-8-9-23-27-20(15-28(23)14-17)16-32-21-6-2-4-18(12-21)25(29)26-13-19-5-3-7-22-24(19)31-11-10-30-22/h2-9,12,14-15H,10-11,13,16H2,1H3,(H,26,29). The number of nitrogens with zero attached hydrogens (tertiary/aromatic N) is 2. The summed E-state index contributed by atoms with van der Waals surface area (Å²) in [7, 11) is 0. The van der Waals surface area contributed by atoms with E-state index in [1.807, 2.05) is 60.1 Å². The van der Waals surface area contributed by atoms with Crippen molar-refractivity contribution in [3.63, 3.8) is 0 Å². The van der Waals surface area contributed by atoms with Gasteiger partial charge in [-0.05, 0) is 42.8 Å². The SMILES string of the molecule is Cc1ccc2nc(COc3cccc(C(=O)NCc4cccc5c4OCCO5)c3)cn2c1. The van der Waals surface area contributed by atoms with Crippen molar-refractivity contribution in [1.29, 1.82) is 0 Å². The van der Waals surface area contributed by atoms with E-state index in [4.69, 9.17) is 14.2 Å². The molecule has 7 nitrogen and oxygen atoms in total. The molecule has 0 saturated heterocycles. The molecule has 2 aromatic heterocycles. The molecular formula is C25H23N3O4. The molecule has 1 aliphatic heterocycles. The second-order valence-electron chi connectivity index (χ2n) is 7.64. The number of carbonyl (C=O) groups excluding carboxylic acids is 1. The van der Waals surface area contributed by atoms with Crippen molar-refractivity contribution >= 4 is 11.6 Å².